The predicted molar refractivity (Wildman–Crippen MR) is 92.9 cm³/mol. The van der Waals surface area contributed by atoms with Gasteiger partial charge in [-0.05, 0) is 36.2 Å². The van der Waals surface area contributed by atoms with Gasteiger partial charge in [-0.25, -0.2) is 5.43 Å². The fourth-order valence-corrected chi connectivity index (χ4v) is 2.04. The van der Waals surface area contributed by atoms with Gasteiger partial charge in [-0.15, -0.1) is 0 Å². The van der Waals surface area contributed by atoms with Crippen LogP contribution in [0.1, 0.15) is 18.9 Å². The van der Waals surface area contributed by atoms with Gasteiger partial charge in [0.2, 0.25) is 0 Å². The molecular weight excluding hydrogens is 290 g/mol. The number of methoxy groups -OCH3 is 1. The number of nitrogens with one attached hydrogen (secondary N) is 2. The number of hydrogen-bond donors (Lipinski definition) is 2. The van der Waals surface area contributed by atoms with Crippen molar-refractivity contribution >= 4 is 17.3 Å². The first-order valence-corrected chi connectivity index (χ1v) is 7.51. The molecule has 2 aromatic carbocycles. The summed E-state index contributed by atoms with van der Waals surface area (Å²) in [5.74, 6) is 0.586. The van der Waals surface area contributed by atoms with Crippen molar-refractivity contribution in [3.05, 3.63) is 60.2 Å². The fraction of sp³-hybridized carbons (Fsp3) is 0.222. The molecule has 1 amide bonds. The topological polar surface area (TPSA) is 62.7 Å². The van der Waals surface area contributed by atoms with E-state index in [1.54, 1.807) is 7.11 Å². The summed E-state index contributed by atoms with van der Waals surface area (Å²) in [6.07, 6.45) is 0.746. The highest BCUT2D eigenvalue weighted by Gasteiger charge is 2.03. The molecule has 0 fully saturated rings. The van der Waals surface area contributed by atoms with Gasteiger partial charge in [-0.2, -0.15) is 5.10 Å². The van der Waals surface area contributed by atoms with Crippen LogP contribution in [0.2, 0.25) is 0 Å². The van der Waals surface area contributed by atoms with E-state index in [4.69, 9.17) is 4.74 Å². The normalized spacial score (nSPS) is 11.0. The predicted octanol–water partition coefficient (Wildman–Crippen LogP) is 3.04. The zero-order chi connectivity index (χ0) is 16.5. The second kappa shape index (κ2) is 8.58. The molecule has 5 nitrogen and oxygen atoms in total. The summed E-state index contributed by atoms with van der Waals surface area (Å²) in [4.78, 5) is 11.9. The quantitative estimate of drug-likeness (QED) is 0.610. The Kier molecular flexibility index (Phi) is 6.17. The largest absolute Gasteiger partial charge is 0.497 e. The zero-order valence-corrected chi connectivity index (χ0v) is 13.4. The van der Waals surface area contributed by atoms with Gasteiger partial charge in [-0.3, -0.25) is 4.79 Å². The number of carbonyl (C=O) groups excluding carboxylic acids is 1. The molecule has 2 rings (SSSR count). The SMILES string of the molecule is CC/C(=N/NC(=O)CNc1ccc(OC)cc1)c1ccccc1. The highest BCUT2D eigenvalue weighted by Crippen LogP contribution is 2.14. The number of hydrazone groups is 1. The number of benzene rings is 2. The van der Waals surface area contributed by atoms with Crippen LogP contribution in [0.25, 0.3) is 0 Å². The van der Waals surface area contributed by atoms with Crippen LogP contribution in [0.3, 0.4) is 0 Å². The lowest BCUT2D eigenvalue weighted by molar-refractivity contribution is -0.119. The maximum Gasteiger partial charge on any atom is 0.259 e. The summed E-state index contributed by atoms with van der Waals surface area (Å²) in [5.41, 5.74) is 5.30. The minimum atomic E-state index is -0.192. The second-order valence-corrected chi connectivity index (χ2v) is 4.90. The third-order valence-corrected chi connectivity index (χ3v) is 3.30. The second-order valence-electron chi connectivity index (χ2n) is 4.90. The van der Waals surface area contributed by atoms with Gasteiger partial charge in [0.1, 0.15) is 5.75 Å². The number of hydrogen-bond acceptors (Lipinski definition) is 4. The molecule has 0 atom stereocenters. The van der Waals surface area contributed by atoms with Crippen LogP contribution in [0.5, 0.6) is 5.75 Å². The van der Waals surface area contributed by atoms with E-state index in [1.165, 1.54) is 0 Å². The third-order valence-electron chi connectivity index (χ3n) is 3.30. The van der Waals surface area contributed by atoms with E-state index in [0.717, 1.165) is 29.1 Å². The smallest absolute Gasteiger partial charge is 0.259 e. The van der Waals surface area contributed by atoms with Crippen LogP contribution in [0.4, 0.5) is 5.69 Å². The standard InChI is InChI=1S/C18H21N3O2/c1-3-17(14-7-5-4-6-8-14)20-21-18(22)13-19-15-9-11-16(23-2)12-10-15/h4-12,19H,3,13H2,1-2H3,(H,21,22)/b20-17-. The minimum Gasteiger partial charge on any atom is -0.497 e. The van der Waals surface area contributed by atoms with E-state index in [9.17, 15) is 4.79 Å². The van der Waals surface area contributed by atoms with Crippen molar-refractivity contribution in [3.8, 4) is 5.75 Å². The van der Waals surface area contributed by atoms with Crippen LogP contribution in [0, 0.1) is 0 Å². The Labute approximate surface area is 136 Å². The summed E-state index contributed by atoms with van der Waals surface area (Å²) in [6, 6.07) is 17.2. The monoisotopic (exact) mass is 311 g/mol. The van der Waals surface area contributed by atoms with Crippen LogP contribution < -0.4 is 15.5 Å². The summed E-state index contributed by atoms with van der Waals surface area (Å²) in [6.45, 7) is 2.16. The molecule has 0 heterocycles. The fourth-order valence-electron chi connectivity index (χ4n) is 2.04. The number of rotatable bonds is 7. The Morgan fingerprint density at radius 1 is 1.09 bits per heavy atom. The molecule has 120 valence electrons. The number of anilines is 1. The average Bonchev–Trinajstić information content (AvgIpc) is 2.62. The summed E-state index contributed by atoms with van der Waals surface area (Å²) >= 11 is 0. The van der Waals surface area contributed by atoms with Crippen LogP contribution in [0.15, 0.2) is 59.7 Å². The summed E-state index contributed by atoms with van der Waals surface area (Å²) in [7, 11) is 1.62. The lowest BCUT2D eigenvalue weighted by Gasteiger charge is -2.08. The summed E-state index contributed by atoms with van der Waals surface area (Å²) in [5, 5.41) is 7.25. The first-order chi connectivity index (χ1) is 11.2. The molecule has 5 heteroatoms. The Hall–Kier alpha value is -2.82. The van der Waals surface area contributed by atoms with Crippen LogP contribution in [-0.2, 0) is 4.79 Å². The van der Waals surface area contributed by atoms with Crippen molar-refractivity contribution < 1.29 is 9.53 Å². The van der Waals surface area contributed by atoms with Crippen LogP contribution >= 0.6 is 0 Å². The van der Waals surface area contributed by atoms with E-state index >= 15 is 0 Å². The van der Waals surface area contributed by atoms with E-state index < -0.39 is 0 Å². The molecule has 23 heavy (non-hydrogen) atoms. The van der Waals surface area contributed by atoms with E-state index in [1.807, 2.05) is 61.5 Å². The minimum absolute atomic E-state index is 0.154. The number of amides is 1. The van der Waals surface area contributed by atoms with Gasteiger partial charge in [0.15, 0.2) is 0 Å². The van der Waals surface area contributed by atoms with Gasteiger partial charge in [-0.1, -0.05) is 37.3 Å². The van der Waals surface area contributed by atoms with E-state index in [-0.39, 0.29) is 12.5 Å². The van der Waals surface area contributed by atoms with Gasteiger partial charge >= 0.3 is 0 Å². The first-order valence-electron chi connectivity index (χ1n) is 7.51. The van der Waals surface area contributed by atoms with Gasteiger partial charge < -0.3 is 10.1 Å². The number of carbonyl (C=O) groups is 1. The molecular formula is C18H21N3O2. The molecule has 0 bridgehead atoms. The molecule has 0 aromatic heterocycles. The van der Waals surface area contributed by atoms with Crippen molar-refractivity contribution in [2.24, 2.45) is 5.10 Å². The van der Waals surface area contributed by atoms with Crippen LogP contribution in [-0.4, -0.2) is 25.3 Å². The maximum atomic E-state index is 11.9. The van der Waals surface area contributed by atoms with Crippen molar-refractivity contribution in [1.82, 2.24) is 5.43 Å². The molecule has 2 N–H and O–H groups in total. The Morgan fingerprint density at radius 2 is 1.78 bits per heavy atom. The lowest BCUT2D eigenvalue weighted by atomic mass is 10.1. The van der Waals surface area contributed by atoms with Crippen molar-refractivity contribution in [3.63, 3.8) is 0 Å². The molecule has 0 radical (unpaired) electrons. The first kappa shape index (κ1) is 16.5. The van der Waals surface area contributed by atoms with E-state index in [0.29, 0.717) is 0 Å². The number of ether oxygens (including phenoxy) is 1. The van der Waals surface area contributed by atoms with Crippen molar-refractivity contribution in [1.29, 1.82) is 0 Å². The van der Waals surface area contributed by atoms with E-state index in [2.05, 4.69) is 15.8 Å². The third kappa shape index (κ3) is 5.14. The average molecular weight is 311 g/mol. The summed E-state index contributed by atoms with van der Waals surface area (Å²) < 4.78 is 5.09. The molecule has 0 aliphatic carbocycles. The molecule has 0 saturated heterocycles. The number of nitrogens with zero attached hydrogens (tertiary/aromatic N) is 1. The Morgan fingerprint density at radius 3 is 2.39 bits per heavy atom. The van der Waals surface area contributed by atoms with Gasteiger partial charge in [0.05, 0.1) is 19.4 Å². The van der Waals surface area contributed by atoms with Crippen molar-refractivity contribution in [2.75, 3.05) is 19.0 Å². The maximum absolute atomic E-state index is 11.9. The highest BCUT2D eigenvalue weighted by atomic mass is 16.5. The molecule has 0 unspecified atom stereocenters. The molecule has 2 aromatic rings. The van der Waals surface area contributed by atoms with Gasteiger partial charge in [0.25, 0.3) is 5.91 Å². The lowest BCUT2D eigenvalue weighted by Crippen LogP contribution is -2.27. The Balaban J connectivity index is 1.87. The van der Waals surface area contributed by atoms with Gasteiger partial charge in [0, 0.05) is 5.69 Å². The zero-order valence-electron chi connectivity index (χ0n) is 13.4. The molecule has 0 saturated carbocycles. The molecule has 0 spiro atoms. The molecule has 0 aliphatic rings. The molecule has 0 aliphatic heterocycles. The van der Waals surface area contributed by atoms with Crippen molar-refractivity contribution in [2.45, 2.75) is 13.3 Å². The Bertz CT molecular complexity index is 652. The highest BCUT2D eigenvalue weighted by molar-refractivity contribution is 6.00.